The number of rotatable bonds is 2. The Bertz CT molecular complexity index is 84.5. The van der Waals surface area contributed by atoms with Gasteiger partial charge in [0.15, 0.2) is 0 Å². The van der Waals surface area contributed by atoms with Crippen molar-refractivity contribution in [3.05, 3.63) is 12.7 Å². The van der Waals surface area contributed by atoms with E-state index in [2.05, 4.69) is 6.58 Å². The van der Waals surface area contributed by atoms with Crippen LogP contribution >= 0.6 is 0 Å². The van der Waals surface area contributed by atoms with E-state index in [1.807, 2.05) is 0 Å². The second-order valence-electron chi connectivity index (χ2n) is 2.33. The second-order valence-corrected chi connectivity index (χ2v) is 2.33. The predicted molar refractivity (Wildman–Crippen MR) is 30.0 cm³/mol. The van der Waals surface area contributed by atoms with Crippen LogP contribution in [0.1, 0.15) is 13.8 Å². The third-order valence-corrected chi connectivity index (χ3v) is 1.09. The van der Waals surface area contributed by atoms with Crippen LogP contribution in [0.3, 0.4) is 0 Å². The third kappa shape index (κ3) is 1.60. The average molecular weight is 120 g/mol. The molecule has 0 aromatic carbocycles. The number of hydrogen-bond acceptors (Lipinski definition) is 0. The maximum atomic E-state index is 11.7. The summed E-state index contributed by atoms with van der Waals surface area (Å²) in [6, 6.07) is 0. The van der Waals surface area contributed by atoms with E-state index in [9.17, 15) is 8.78 Å². The van der Waals surface area contributed by atoms with Gasteiger partial charge in [-0.25, -0.2) is 8.78 Å². The Balaban J connectivity index is 3.90. The molecule has 0 atom stereocenters. The summed E-state index contributed by atoms with van der Waals surface area (Å²) >= 11 is 0. The number of halogens is 2. The molecule has 48 valence electrons. The van der Waals surface area contributed by atoms with Crippen molar-refractivity contribution in [1.82, 2.24) is 0 Å². The highest BCUT2D eigenvalue weighted by molar-refractivity contribution is 4.89. The standard InChI is InChI=1S/C6H10F2/c1-4-6(2,3)5(7)8/h4-5H,1H2,2-3H3. The van der Waals surface area contributed by atoms with Gasteiger partial charge in [-0.05, 0) is 0 Å². The van der Waals surface area contributed by atoms with Crippen LogP contribution in [0.2, 0.25) is 0 Å². The maximum Gasteiger partial charge on any atom is 0.247 e. The van der Waals surface area contributed by atoms with Crippen LogP contribution < -0.4 is 0 Å². The van der Waals surface area contributed by atoms with E-state index in [1.165, 1.54) is 19.9 Å². The quantitative estimate of drug-likeness (QED) is 0.491. The summed E-state index contributed by atoms with van der Waals surface area (Å²) in [6.45, 7) is 6.17. The summed E-state index contributed by atoms with van der Waals surface area (Å²) in [5.41, 5.74) is -1.03. The Hall–Kier alpha value is -0.400. The summed E-state index contributed by atoms with van der Waals surface area (Å²) < 4.78 is 23.5. The molecule has 0 nitrogen and oxygen atoms in total. The summed E-state index contributed by atoms with van der Waals surface area (Å²) in [5.74, 6) is 0. The molecular formula is C6H10F2. The van der Waals surface area contributed by atoms with Gasteiger partial charge < -0.3 is 0 Å². The predicted octanol–water partition coefficient (Wildman–Crippen LogP) is 2.46. The minimum atomic E-state index is -2.31. The monoisotopic (exact) mass is 120 g/mol. The minimum Gasteiger partial charge on any atom is -0.210 e. The lowest BCUT2D eigenvalue weighted by atomic mass is 9.95. The van der Waals surface area contributed by atoms with Crippen molar-refractivity contribution in [2.75, 3.05) is 0 Å². The van der Waals surface area contributed by atoms with E-state index in [-0.39, 0.29) is 0 Å². The molecule has 0 saturated carbocycles. The van der Waals surface area contributed by atoms with E-state index in [1.54, 1.807) is 0 Å². The van der Waals surface area contributed by atoms with Gasteiger partial charge in [0.05, 0.1) is 0 Å². The SMILES string of the molecule is C=CC(C)(C)C(F)F. The first-order chi connectivity index (χ1) is 3.50. The molecular weight excluding hydrogens is 110 g/mol. The fourth-order valence-corrected chi connectivity index (χ4v) is 0.0891. The lowest BCUT2D eigenvalue weighted by Crippen LogP contribution is -2.17. The van der Waals surface area contributed by atoms with Crippen molar-refractivity contribution >= 4 is 0 Å². The van der Waals surface area contributed by atoms with Crippen LogP contribution in [0.15, 0.2) is 12.7 Å². The van der Waals surface area contributed by atoms with E-state index in [0.717, 1.165) is 0 Å². The molecule has 0 aliphatic heterocycles. The Labute approximate surface area is 48.2 Å². The topological polar surface area (TPSA) is 0 Å². The van der Waals surface area contributed by atoms with Gasteiger partial charge in [0.1, 0.15) is 0 Å². The van der Waals surface area contributed by atoms with Crippen LogP contribution in [0, 0.1) is 5.41 Å². The zero-order valence-electron chi connectivity index (χ0n) is 5.12. The molecule has 0 fully saturated rings. The molecule has 0 amide bonds. The Kier molecular flexibility index (Phi) is 2.13. The normalized spacial score (nSPS) is 12.1. The van der Waals surface area contributed by atoms with E-state index < -0.39 is 11.8 Å². The van der Waals surface area contributed by atoms with Gasteiger partial charge in [0, 0.05) is 5.41 Å². The minimum absolute atomic E-state index is 1.03. The molecule has 0 aromatic heterocycles. The summed E-state index contributed by atoms with van der Waals surface area (Å²) in [7, 11) is 0. The van der Waals surface area contributed by atoms with Gasteiger partial charge in [0.2, 0.25) is 6.43 Å². The van der Waals surface area contributed by atoms with E-state index in [4.69, 9.17) is 0 Å². The van der Waals surface area contributed by atoms with Crippen molar-refractivity contribution in [3.63, 3.8) is 0 Å². The van der Waals surface area contributed by atoms with Gasteiger partial charge >= 0.3 is 0 Å². The molecule has 0 aromatic rings. The molecule has 0 bridgehead atoms. The molecule has 0 saturated heterocycles. The number of hydrogen-bond donors (Lipinski definition) is 0. The van der Waals surface area contributed by atoms with Gasteiger partial charge in [-0.1, -0.05) is 19.9 Å². The zero-order valence-corrected chi connectivity index (χ0v) is 5.12. The molecule has 0 rings (SSSR count). The van der Waals surface area contributed by atoms with Crippen molar-refractivity contribution in [1.29, 1.82) is 0 Å². The van der Waals surface area contributed by atoms with Crippen molar-refractivity contribution in [3.8, 4) is 0 Å². The molecule has 0 aliphatic rings. The lowest BCUT2D eigenvalue weighted by Gasteiger charge is -2.16. The first-order valence-corrected chi connectivity index (χ1v) is 2.42. The van der Waals surface area contributed by atoms with Crippen molar-refractivity contribution < 1.29 is 8.78 Å². The van der Waals surface area contributed by atoms with Crippen molar-refractivity contribution in [2.45, 2.75) is 20.3 Å². The molecule has 8 heavy (non-hydrogen) atoms. The summed E-state index contributed by atoms with van der Waals surface area (Å²) in [6.07, 6.45) is -1.04. The van der Waals surface area contributed by atoms with Crippen LogP contribution in [0.25, 0.3) is 0 Å². The third-order valence-electron chi connectivity index (χ3n) is 1.09. The van der Waals surface area contributed by atoms with Crippen LogP contribution in [-0.4, -0.2) is 6.43 Å². The van der Waals surface area contributed by atoms with Crippen molar-refractivity contribution in [2.24, 2.45) is 5.41 Å². The largest absolute Gasteiger partial charge is 0.247 e. The molecule has 0 aliphatic carbocycles. The van der Waals surface area contributed by atoms with E-state index >= 15 is 0 Å². The zero-order chi connectivity index (χ0) is 6.78. The fourth-order valence-electron chi connectivity index (χ4n) is 0.0891. The maximum absolute atomic E-state index is 11.7. The Morgan fingerprint density at radius 3 is 1.88 bits per heavy atom. The first kappa shape index (κ1) is 7.60. The van der Waals surface area contributed by atoms with Gasteiger partial charge in [-0.2, -0.15) is 0 Å². The molecule has 0 unspecified atom stereocenters. The number of alkyl halides is 2. The highest BCUT2D eigenvalue weighted by Gasteiger charge is 2.24. The smallest absolute Gasteiger partial charge is 0.210 e. The number of allylic oxidation sites excluding steroid dienone is 1. The Morgan fingerprint density at radius 2 is 1.88 bits per heavy atom. The molecule has 0 radical (unpaired) electrons. The van der Waals surface area contributed by atoms with E-state index in [0.29, 0.717) is 0 Å². The van der Waals surface area contributed by atoms with Crippen LogP contribution in [0.5, 0.6) is 0 Å². The second kappa shape index (κ2) is 2.25. The van der Waals surface area contributed by atoms with Gasteiger partial charge in [-0.3, -0.25) is 0 Å². The highest BCUT2D eigenvalue weighted by atomic mass is 19.3. The Morgan fingerprint density at radius 1 is 1.50 bits per heavy atom. The van der Waals surface area contributed by atoms with Crippen LogP contribution in [-0.2, 0) is 0 Å². The molecule has 2 heteroatoms. The first-order valence-electron chi connectivity index (χ1n) is 2.42. The molecule has 0 heterocycles. The van der Waals surface area contributed by atoms with Crippen LogP contribution in [0.4, 0.5) is 8.78 Å². The van der Waals surface area contributed by atoms with Gasteiger partial charge in [-0.15, -0.1) is 6.58 Å². The molecule has 0 N–H and O–H groups in total. The summed E-state index contributed by atoms with van der Waals surface area (Å²) in [5, 5.41) is 0. The highest BCUT2D eigenvalue weighted by Crippen LogP contribution is 2.24. The summed E-state index contributed by atoms with van der Waals surface area (Å²) in [4.78, 5) is 0. The van der Waals surface area contributed by atoms with Gasteiger partial charge in [0.25, 0.3) is 0 Å². The average Bonchev–Trinajstić information content (AvgIpc) is 1.67. The molecule has 0 spiro atoms. The fraction of sp³-hybridized carbons (Fsp3) is 0.667. The lowest BCUT2D eigenvalue weighted by molar-refractivity contribution is 0.0513.